The quantitative estimate of drug-likeness (QED) is 0.783. The van der Waals surface area contributed by atoms with Crippen LogP contribution >= 0.6 is 0 Å². The first-order chi connectivity index (χ1) is 10.2. The molecular formula is C16H17N5. The highest BCUT2D eigenvalue weighted by Gasteiger charge is 2.21. The smallest absolute Gasteiger partial charge is 0.254 e. The number of hydrogen-bond donors (Lipinski definition) is 1. The molecule has 21 heavy (non-hydrogen) atoms. The second-order valence-electron chi connectivity index (χ2n) is 5.55. The largest absolute Gasteiger partial charge is 0.340 e. The van der Waals surface area contributed by atoms with E-state index in [1.807, 2.05) is 23.6 Å². The van der Waals surface area contributed by atoms with Crippen LogP contribution in [0.5, 0.6) is 0 Å². The van der Waals surface area contributed by atoms with Crippen molar-refractivity contribution < 1.29 is 0 Å². The van der Waals surface area contributed by atoms with Crippen LogP contribution in [-0.4, -0.2) is 19.6 Å². The Hall–Kier alpha value is -2.43. The zero-order valence-corrected chi connectivity index (χ0v) is 12.2. The van der Waals surface area contributed by atoms with Gasteiger partial charge >= 0.3 is 0 Å². The number of hydrogen-bond acceptors (Lipinski definition) is 4. The molecule has 5 heteroatoms. The van der Waals surface area contributed by atoms with Crippen molar-refractivity contribution in [2.75, 3.05) is 5.32 Å². The van der Waals surface area contributed by atoms with Gasteiger partial charge in [0.2, 0.25) is 0 Å². The van der Waals surface area contributed by atoms with Gasteiger partial charge in [-0.05, 0) is 44.7 Å². The number of nitrogens with zero attached hydrogens (tertiary/aromatic N) is 4. The molecule has 0 aliphatic heterocycles. The molecule has 4 rings (SSSR count). The number of anilines is 2. The summed E-state index contributed by atoms with van der Waals surface area (Å²) in [6.07, 6.45) is 3.22. The van der Waals surface area contributed by atoms with Gasteiger partial charge in [0.15, 0.2) is 0 Å². The molecule has 0 fully saturated rings. The number of para-hydroxylation sites is 1. The maximum atomic E-state index is 4.65. The number of rotatable bonds is 2. The van der Waals surface area contributed by atoms with Crippen molar-refractivity contribution in [3.8, 4) is 0 Å². The van der Waals surface area contributed by atoms with Gasteiger partial charge in [0.1, 0.15) is 11.6 Å². The fourth-order valence-electron chi connectivity index (χ4n) is 2.95. The lowest BCUT2D eigenvalue weighted by molar-refractivity contribution is 0.899. The van der Waals surface area contributed by atoms with E-state index in [0.717, 1.165) is 42.3 Å². The molecule has 5 nitrogen and oxygen atoms in total. The first kappa shape index (κ1) is 12.3. The maximum Gasteiger partial charge on any atom is 0.254 e. The van der Waals surface area contributed by atoms with Crippen LogP contribution in [0, 0.1) is 13.8 Å². The molecule has 0 amide bonds. The standard InChI is InChI=1S/C16H17N5/c1-10-6-3-4-8-13(10)18-15-12-7-5-9-14(12)19-16-17-11(2)20-21(15)16/h3-4,6,8,18H,5,7,9H2,1-2H3. The molecule has 2 heterocycles. The fraction of sp³-hybridized carbons (Fsp3) is 0.312. The molecule has 0 radical (unpaired) electrons. The maximum absolute atomic E-state index is 4.65. The SMILES string of the molecule is Cc1nc2nc3c(c(Nc4ccccc4C)n2n1)CCC3. The van der Waals surface area contributed by atoms with Crippen molar-refractivity contribution in [2.24, 2.45) is 0 Å². The van der Waals surface area contributed by atoms with E-state index in [1.165, 1.54) is 11.1 Å². The highest BCUT2D eigenvalue weighted by molar-refractivity contribution is 5.66. The third-order valence-corrected chi connectivity index (χ3v) is 4.02. The molecule has 0 saturated carbocycles. The zero-order chi connectivity index (χ0) is 14.4. The second-order valence-corrected chi connectivity index (χ2v) is 5.55. The van der Waals surface area contributed by atoms with Gasteiger partial charge in [0, 0.05) is 11.3 Å². The van der Waals surface area contributed by atoms with E-state index < -0.39 is 0 Å². The molecule has 3 aromatic rings. The fourth-order valence-corrected chi connectivity index (χ4v) is 2.95. The van der Waals surface area contributed by atoms with E-state index in [4.69, 9.17) is 0 Å². The van der Waals surface area contributed by atoms with Gasteiger partial charge in [0.05, 0.1) is 5.69 Å². The summed E-state index contributed by atoms with van der Waals surface area (Å²) in [6, 6.07) is 8.29. The Labute approximate surface area is 123 Å². The molecule has 0 bridgehead atoms. The Morgan fingerprint density at radius 2 is 1.95 bits per heavy atom. The van der Waals surface area contributed by atoms with Gasteiger partial charge in [-0.2, -0.15) is 9.50 Å². The molecule has 0 spiro atoms. The number of fused-ring (bicyclic) bond motifs is 2. The van der Waals surface area contributed by atoms with E-state index >= 15 is 0 Å². The number of aryl methyl sites for hydroxylation is 3. The van der Waals surface area contributed by atoms with E-state index in [9.17, 15) is 0 Å². The van der Waals surface area contributed by atoms with Crippen LogP contribution in [0.3, 0.4) is 0 Å². The summed E-state index contributed by atoms with van der Waals surface area (Å²) >= 11 is 0. The van der Waals surface area contributed by atoms with Crippen LogP contribution < -0.4 is 5.32 Å². The van der Waals surface area contributed by atoms with Crippen LogP contribution in [0.15, 0.2) is 24.3 Å². The minimum absolute atomic E-state index is 0.684. The molecule has 0 saturated heterocycles. The molecule has 1 aliphatic rings. The lowest BCUT2D eigenvalue weighted by Gasteiger charge is -2.14. The summed E-state index contributed by atoms with van der Waals surface area (Å²) in [5.41, 5.74) is 4.75. The first-order valence-corrected chi connectivity index (χ1v) is 7.30. The summed E-state index contributed by atoms with van der Waals surface area (Å²) in [5.74, 6) is 2.45. The molecular weight excluding hydrogens is 262 g/mol. The van der Waals surface area contributed by atoms with Crippen LogP contribution in [0.2, 0.25) is 0 Å². The lowest BCUT2D eigenvalue weighted by Crippen LogP contribution is -2.07. The van der Waals surface area contributed by atoms with Crippen molar-refractivity contribution in [3.63, 3.8) is 0 Å². The van der Waals surface area contributed by atoms with Gasteiger partial charge in [-0.15, -0.1) is 5.10 Å². The average Bonchev–Trinajstić information content (AvgIpc) is 3.06. The van der Waals surface area contributed by atoms with Crippen molar-refractivity contribution in [1.29, 1.82) is 0 Å². The molecule has 1 N–H and O–H groups in total. The molecule has 0 unspecified atom stereocenters. The summed E-state index contributed by atoms with van der Waals surface area (Å²) in [6.45, 7) is 4.00. The minimum Gasteiger partial charge on any atom is -0.340 e. The van der Waals surface area contributed by atoms with Gasteiger partial charge in [-0.25, -0.2) is 4.98 Å². The van der Waals surface area contributed by atoms with Crippen LogP contribution in [0.1, 0.15) is 29.1 Å². The van der Waals surface area contributed by atoms with Crippen LogP contribution in [-0.2, 0) is 12.8 Å². The predicted molar refractivity (Wildman–Crippen MR) is 82.0 cm³/mol. The van der Waals surface area contributed by atoms with E-state index in [0.29, 0.717) is 5.78 Å². The Morgan fingerprint density at radius 1 is 1.10 bits per heavy atom. The monoisotopic (exact) mass is 279 g/mol. The highest BCUT2D eigenvalue weighted by Crippen LogP contribution is 2.30. The number of benzene rings is 1. The molecule has 2 aromatic heterocycles. The Balaban J connectivity index is 1.92. The first-order valence-electron chi connectivity index (χ1n) is 7.30. The minimum atomic E-state index is 0.684. The zero-order valence-electron chi connectivity index (χ0n) is 12.2. The molecule has 106 valence electrons. The summed E-state index contributed by atoms with van der Waals surface area (Å²) < 4.78 is 1.84. The van der Waals surface area contributed by atoms with Gasteiger partial charge in [0.25, 0.3) is 5.78 Å². The second kappa shape index (κ2) is 4.55. The van der Waals surface area contributed by atoms with Crippen LogP contribution in [0.25, 0.3) is 5.78 Å². The molecule has 1 aliphatic carbocycles. The highest BCUT2D eigenvalue weighted by atomic mass is 15.4. The number of nitrogens with one attached hydrogen (secondary N) is 1. The number of aromatic nitrogens is 4. The van der Waals surface area contributed by atoms with Gasteiger partial charge in [-0.1, -0.05) is 18.2 Å². The predicted octanol–water partition coefficient (Wildman–Crippen LogP) is 2.97. The van der Waals surface area contributed by atoms with E-state index in [2.05, 4.69) is 39.4 Å². The average molecular weight is 279 g/mol. The van der Waals surface area contributed by atoms with Gasteiger partial charge in [-0.3, -0.25) is 0 Å². The topological polar surface area (TPSA) is 55.1 Å². The van der Waals surface area contributed by atoms with E-state index in [-0.39, 0.29) is 0 Å². The van der Waals surface area contributed by atoms with E-state index in [1.54, 1.807) is 0 Å². The van der Waals surface area contributed by atoms with Gasteiger partial charge < -0.3 is 5.32 Å². The Bertz CT molecular complexity index is 834. The Kier molecular flexibility index (Phi) is 2.67. The third kappa shape index (κ3) is 1.96. The van der Waals surface area contributed by atoms with Crippen molar-refractivity contribution in [1.82, 2.24) is 19.6 Å². The van der Waals surface area contributed by atoms with Crippen LogP contribution in [0.4, 0.5) is 11.5 Å². The van der Waals surface area contributed by atoms with Crippen molar-refractivity contribution in [2.45, 2.75) is 33.1 Å². The Morgan fingerprint density at radius 3 is 2.81 bits per heavy atom. The molecule has 1 aromatic carbocycles. The summed E-state index contributed by atoms with van der Waals surface area (Å²) in [7, 11) is 0. The van der Waals surface area contributed by atoms with Crippen molar-refractivity contribution >= 4 is 17.3 Å². The lowest BCUT2D eigenvalue weighted by atomic mass is 10.2. The molecule has 0 atom stereocenters. The summed E-state index contributed by atoms with van der Waals surface area (Å²) in [4.78, 5) is 9.07. The summed E-state index contributed by atoms with van der Waals surface area (Å²) in [5, 5.41) is 8.05. The van der Waals surface area contributed by atoms with Crippen molar-refractivity contribution in [3.05, 3.63) is 46.9 Å². The third-order valence-electron chi connectivity index (χ3n) is 4.02. The normalized spacial score (nSPS) is 13.6.